The number of hydrogen-bond donors (Lipinski definition) is 1. The van der Waals surface area contributed by atoms with Crippen molar-refractivity contribution in [1.82, 2.24) is 5.06 Å². The minimum Gasteiger partial charge on any atom is -0.497 e. The largest absolute Gasteiger partial charge is 0.497 e. The predicted molar refractivity (Wildman–Crippen MR) is 86.8 cm³/mol. The zero-order chi connectivity index (χ0) is 17.1. The molecule has 0 unspecified atom stereocenters. The Morgan fingerprint density at radius 2 is 1.91 bits per heavy atom. The number of carbonyl (C=O) groups excluding carboxylic acids is 1. The van der Waals surface area contributed by atoms with Gasteiger partial charge in [0.05, 0.1) is 27.4 Å². The van der Waals surface area contributed by atoms with E-state index in [0.717, 1.165) is 21.9 Å². The van der Waals surface area contributed by atoms with Crippen LogP contribution in [-0.2, 0) is 21.0 Å². The Labute approximate surface area is 137 Å². The first-order valence-corrected chi connectivity index (χ1v) is 7.43. The van der Waals surface area contributed by atoms with Gasteiger partial charge in [-0.3, -0.25) is 9.63 Å². The van der Waals surface area contributed by atoms with E-state index in [1.807, 2.05) is 24.3 Å². The van der Waals surface area contributed by atoms with E-state index in [2.05, 4.69) is 0 Å². The molecule has 128 valence electrons. The number of ether oxygens (including phenoxy) is 2. The first kappa shape index (κ1) is 19.2. The SMILES string of the molecule is COc1ccc(COCC/C(=C/C(=O)N(C)OC)CCO)cc1. The summed E-state index contributed by atoms with van der Waals surface area (Å²) >= 11 is 0. The van der Waals surface area contributed by atoms with Gasteiger partial charge in [-0.15, -0.1) is 0 Å². The summed E-state index contributed by atoms with van der Waals surface area (Å²) in [6, 6.07) is 7.66. The molecule has 0 aliphatic rings. The third-order valence-electron chi connectivity index (χ3n) is 3.34. The number of aliphatic hydroxyl groups is 1. The van der Waals surface area contributed by atoms with E-state index in [-0.39, 0.29) is 12.5 Å². The molecule has 0 aromatic heterocycles. The summed E-state index contributed by atoms with van der Waals surface area (Å²) in [5.74, 6) is 0.550. The van der Waals surface area contributed by atoms with E-state index in [1.54, 1.807) is 7.11 Å². The van der Waals surface area contributed by atoms with Crippen LogP contribution in [0.25, 0.3) is 0 Å². The highest BCUT2D eigenvalue weighted by Gasteiger charge is 2.07. The van der Waals surface area contributed by atoms with Gasteiger partial charge in [0.15, 0.2) is 0 Å². The molecular weight excluding hydrogens is 298 g/mol. The van der Waals surface area contributed by atoms with Gasteiger partial charge in [-0.25, -0.2) is 5.06 Å². The van der Waals surface area contributed by atoms with E-state index in [9.17, 15) is 4.79 Å². The summed E-state index contributed by atoms with van der Waals surface area (Å²) in [4.78, 5) is 16.6. The Kier molecular flexibility index (Phi) is 8.97. The standard InChI is InChI=1S/C17H25NO5/c1-18(22-3)17(20)12-14(8-10-19)9-11-23-13-15-4-6-16(21-2)7-5-15/h4-7,12,19H,8-11,13H2,1-3H3/b14-12+. The lowest BCUT2D eigenvalue weighted by Crippen LogP contribution is -2.23. The highest BCUT2D eigenvalue weighted by molar-refractivity contribution is 5.87. The maximum absolute atomic E-state index is 11.8. The molecule has 0 aliphatic heterocycles. The van der Waals surface area contributed by atoms with Gasteiger partial charge in [0.1, 0.15) is 5.75 Å². The van der Waals surface area contributed by atoms with Crippen LogP contribution in [0.2, 0.25) is 0 Å². The number of hydroxylamine groups is 2. The van der Waals surface area contributed by atoms with Crippen molar-refractivity contribution in [3.8, 4) is 5.75 Å². The topological polar surface area (TPSA) is 68.2 Å². The Hall–Kier alpha value is -1.89. The van der Waals surface area contributed by atoms with Crippen molar-refractivity contribution in [2.45, 2.75) is 19.4 Å². The van der Waals surface area contributed by atoms with E-state index in [0.29, 0.717) is 26.1 Å². The normalized spacial score (nSPS) is 11.4. The van der Waals surface area contributed by atoms with Crippen molar-refractivity contribution in [2.75, 3.05) is 34.5 Å². The zero-order valence-corrected chi connectivity index (χ0v) is 13.9. The summed E-state index contributed by atoms with van der Waals surface area (Å²) in [5, 5.41) is 10.2. The van der Waals surface area contributed by atoms with Crippen molar-refractivity contribution in [3.05, 3.63) is 41.5 Å². The smallest absolute Gasteiger partial charge is 0.269 e. The van der Waals surface area contributed by atoms with Crippen LogP contribution < -0.4 is 4.74 Å². The number of amides is 1. The molecule has 0 saturated heterocycles. The maximum atomic E-state index is 11.8. The summed E-state index contributed by atoms with van der Waals surface area (Å²) in [6.45, 7) is 0.957. The number of carbonyl (C=O) groups is 1. The Morgan fingerprint density at radius 1 is 1.22 bits per heavy atom. The first-order valence-electron chi connectivity index (χ1n) is 7.43. The number of methoxy groups -OCH3 is 1. The number of nitrogens with zero attached hydrogens (tertiary/aromatic N) is 1. The average molecular weight is 323 g/mol. The lowest BCUT2D eigenvalue weighted by Gasteiger charge is -2.13. The molecule has 6 heteroatoms. The number of benzene rings is 1. The van der Waals surface area contributed by atoms with Crippen LogP contribution in [0, 0.1) is 0 Å². The van der Waals surface area contributed by atoms with Gasteiger partial charge in [0, 0.05) is 19.7 Å². The monoisotopic (exact) mass is 323 g/mol. The third-order valence-corrected chi connectivity index (χ3v) is 3.34. The molecule has 1 rings (SSSR count). The second-order valence-corrected chi connectivity index (χ2v) is 4.95. The van der Waals surface area contributed by atoms with Gasteiger partial charge in [-0.2, -0.15) is 0 Å². The van der Waals surface area contributed by atoms with Gasteiger partial charge in [-0.1, -0.05) is 17.7 Å². The minimum absolute atomic E-state index is 0.00567. The molecule has 0 atom stereocenters. The summed E-state index contributed by atoms with van der Waals surface area (Å²) in [7, 11) is 4.59. The van der Waals surface area contributed by atoms with Crippen molar-refractivity contribution in [2.24, 2.45) is 0 Å². The molecule has 23 heavy (non-hydrogen) atoms. The molecule has 6 nitrogen and oxygen atoms in total. The summed E-state index contributed by atoms with van der Waals surface area (Å²) in [5.41, 5.74) is 1.88. The van der Waals surface area contributed by atoms with Crippen molar-refractivity contribution < 1.29 is 24.2 Å². The van der Waals surface area contributed by atoms with E-state index >= 15 is 0 Å². The van der Waals surface area contributed by atoms with E-state index in [1.165, 1.54) is 20.2 Å². The minimum atomic E-state index is -0.258. The Balaban J connectivity index is 2.42. The Bertz CT molecular complexity index is 498. The maximum Gasteiger partial charge on any atom is 0.269 e. The van der Waals surface area contributed by atoms with Gasteiger partial charge < -0.3 is 14.6 Å². The molecule has 0 heterocycles. The highest BCUT2D eigenvalue weighted by Crippen LogP contribution is 2.13. The van der Waals surface area contributed by atoms with Crippen LogP contribution >= 0.6 is 0 Å². The number of hydrogen-bond acceptors (Lipinski definition) is 5. The quantitative estimate of drug-likeness (QED) is 0.405. The van der Waals surface area contributed by atoms with Crippen molar-refractivity contribution in [1.29, 1.82) is 0 Å². The predicted octanol–water partition coefficient (Wildman–Crippen LogP) is 1.93. The fourth-order valence-electron chi connectivity index (χ4n) is 1.88. The molecular formula is C17H25NO5. The van der Waals surface area contributed by atoms with Crippen molar-refractivity contribution in [3.63, 3.8) is 0 Å². The zero-order valence-electron chi connectivity index (χ0n) is 13.9. The molecule has 0 spiro atoms. The van der Waals surface area contributed by atoms with E-state index in [4.69, 9.17) is 19.4 Å². The van der Waals surface area contributed by atoms with Gasteiger partial charge >= 0.3 is 0 Å². The second-order valence-electron chi connectivity index (χ2n) is 4.95. The van der Waals surface area contributed by atoms with Gasteiger partial charge in [-0.05, 0) is 30.5 Å². The molecule has 1 aromatic rings. The van der Waals surface area contributed by atoms with Crippen LogP contribution in [0.3, 0.4) is 0 Å². The van der Waals surface area contributed by atoms with Crippen LogP contribution in [-0.4, -0.2) is 50.6 Å². The lowest BCUT2D eigenvalue weighted by atomic mass is 10.1. The molecule has 0 aliphatic carbocycles. The average Bonchev–Trinajstić information content (AvgIpc) is 2.58. The number of aliphatic hydroxyl groups excluding tert-OH is 1. The first-order chi connectivity index (χ1) is 11.1. The van der Waals surface area contributed by atoms with Crippen LogP contribution in [0.4, 0.5) is 0 Å². The number of rotatable bonds is 10. The molecule has 0 saturated carbocycles. The molecule has 1 aromatic carbocycles. The number of likely N-dealkylation sites (N-methyl/N-ethyl adjacent to an activating group) is 1. The molecule has 1 amide bonds. The summed E-state index contributed by atoms with van der Waals surface area (Å²) in [6.07, 6.45) is 2.51. The lowest BCUT2D eigenvalue weighted by molar-refractivity contribution is -0.162. The second kappa shape index (κ2) is 10.8. The molecule has 0 radical (unpaired) electrons. The molecule has 0 fully saturated rings. The van der Waals surface area contributed by atoms with Crippen LogP contribution in [0.15, 0.2) is 35.9 Å². The van der Waals surface area contributed by atoms with Crippen LogP contribution in [0.5, 0.6) is 5.75 Å². The molecule has 1 N–H and O–H groups in total. The molecule has 0 bridgehead atoms. The fourth-order valence-corrected chi connectivity index (χ4v) is 1.88. The van der Waals surface area contributed by atoms with E-state index < -0.39 is 0 Å². The summed E-state index contributed by atoms with van der Waals surface area (Å²) < 4.78 is 10.7. The van der Waals surface area contributed by atoms with Crippen LogP contribution in [0.1, 0.15) is 18.4 Å². The Morgan fingerprint density at radius 3 is 2.48 bits per heavy atom. The van der Waals surface area contributed by atoms with Gasteiger partial charge in [0.2, 0.25) is 0 Å². The third kappa shape index (κ3) is 7.27. The highest BCUT2D eigenvalue weighted by atomic mass is 16.7. The van der Waals surface area contributed by atoms with Crippen molar-refractivity contribution >= 4 is 5.91 Å². The van der Waals surface area contributed by atoms with Gasteiger partial charge in [0.25, 0.3) is 5.91 Å². The fraction of sp³-hybridized carbons (Fsp3) is 0.471.